The largest absolute Gasteiger partial charge is 0.497 e. The molecule has 3 aromatic rings. The first-order valence-corrected chi connectivity index (χ1v) is 10.1. The van der Waals surface area contributed by atoms with Gasteiger partial charge in [0.1, 0.15) is 17.9 Å². The van der Waals surface area contributed by atoms with Gasteiger partial charge in [0.2, 0.25) is 17.6 Å². The molecule has 1 aliphatic rings. The molecule has 10 heteroatoms. The second-order valence-corrected chi connectivity index (χ2v) is 7.25. The first kappa shape index (κ1) is 20.6. The molecule has 1 amide bonds. The Hall–Kier alpha value is -3.69. The number of anilines is 1. The lowest BCUT2D eigenvalue weighted by atomic mass is 10.0. The molecule has 0 fully saturated rings. The predicted octanol–water partition coefficient (Wildman–Crippen LogP) is 1.61. The predicted molar refractivity (Wildman–Crippen MR) is 112 cm³/mol. The van der Waals surface area contributed by atoms with E-state index in [2.05, 4.69) is 15.5 Å². The molecule has 3 heterocycles. The number of aromatic nitrogens is 4. The van der Waals surface area contributed by atoms with Crippen LogP contribution in [0.25, 0.3) is 11.4 Å². The fourth-order valence-corrected chi connectivity index (χ4v) is 3.70. The Labute approximate surface area is 177 Å². The van der Waals surface area contributed by atoms with Gasteiger partial charge in [0.15, 0.2) is 0 Å². The SMILES string of the molecule is CCc1nc(-c2c3n(c(=O)n(CC(=O)Nc4cccc(OC)c4)c2=O)CCCC3)no1. The number of fused-ring (bicyclic) bond motifs is 1. The van der Waals surface area contributed by atoms with Crippen LogP contribution in [0.5, 0.6) is 5.75 Å². The lowest BCUT2D eigenvalue weighted by Gasteiger charge is -2.21. The van der Waals surface area contributed by atoms with Gasteiger partial charge >= 0.3 is 5.69 Å². The highest BCUT2D eigenvalue weighted by Crippen LogP contribution is 2.22. The van der Waals surface area contributed by atoms with E-state index in [1.54, 1.807) is 28.8 Å². The van der Waals surface area contributed by atoms with Crippen LogP contribution in [0.2, 0.25) is 0 Å². The molecule has 0 spiro atoms. The van der Waals surface area contributed by atoms with Crippen LogP contribution in [0.15, 0.2) is 38.4 Å². The van der Waals surface area contributed by atoms with Gasteiger partial charge in [-0.2, -0.15) is 4.98 Å². The Kier molecular flexibility index (Phi) is 5.70. The van der Waals surface area contributed by atoms with Gasteiger partial charge in [0, 0.05) is 30.4 Å². The Morgan fingerprint density at radius 3 is 2.87 bits per heavy atom. The smallest absolute Gasteiger partial charge is 0.331 e. The summed E-state index contributed by atoms with van der Waals surface area (Å²) < 4.78 is 12.8. The standard InChI is InChI=1S/C21H23N5O5/c1-3-17-23-19(24-31-17)18-15-9-4-5-10-25(15)21(29)26(20(18)28)12-16(27)22-13-7-6-8-14(11-13)30-2/h6-8,11H,3-5,9-10,12H2,1-2H3,(H,22,27). The minimum absolute atomic E-state index is 0.148. The second-order valence-electron chi connectivity index (χ2n) is 7.25. The van der Waals surface area contributed by atoms with Crippen LogP contribution in [-0.4, -0.2) is 32.3 Å². The normalized spacial score (nSPS) is 13.0. The summed E-state index contributed by atoms with van der Waals surface area (Å²) in [6.07, 6.45) is 2.75. The van der Waals surface area contributed by atoms with E-state index in [0.29, 0.717) is 42.4 Å². The molecular weight excluding hydrogens is 402 g/mol. The third kappa shape index (κ3) is 4.00. The minimum atomic E-state index is -0.595. The molecule has 31 heavy (non-hydrogen) atoms. The number of methoxy groups -OCH3 is 1. The van der Waals surface area contributed by atoms with Crippen molar-refractivity contribution in [3.63, 3.8) is 0 Å². The molecule has 0 saturated carbocycles. The first-order chi connectivity index (χ1) is 15.0. The fourth-order valence-electron chi connectivity index (χ4n) is 3.70. The second kappa shape index (κ2) is 8.58. The number of ether oxygens (including phenoxy) is 1. The number of hydrogen-bond acceptors (Lipinski definition) is 7. The summed E-state index contributed by atoms with van der Waals surface area (Å²) in [5.74, 6) is 0.624. The summed E-state index contributed by atoms with van der Waals surface area (Å²) in [5.41, 5.74) is 0.207. The number of rotatable bonds is 6. The van der Waals surface area contributed by atoms with Crippen molar-refractivity contribution in [1.29, 1.82) is 0 Å². The maximum atomic E-state index is 13.3. The van der Waals surface area contributed by atoms with Gasteiger partial charge < -0.3 is 14.6 Å². The van der Waals surface area contributed by atoms with E-state index in [1.807, 2.05) is 6.92 Å². The summed E-state index contributed by atoms with van der Waals surface area (Å²) in [4.78, 5) is 43.2. The van der Waals surface area contributed by atoms with E-state index in [4.69, 9.17) is 9.26 Å². The van der Waals surface area contributed by atoms with Gasteiger partial charge in [-0.3, -0.25) is 18.7 Å². The number of carbonyl (C=O) groups excluding carboxylic acids is 1. The molecule has 162 valence electrons. The molecule has 0 atom stereocenters. The van der Waals surface area contributed by atoms with Gasteiger partial charge in [0.25, 0.3) is 5.56 Å². The molecule has 0 aliphatic carbocycles. The number of benzene rings is 1. The van der Waals surface area contributed by atoms with Gasteiger partial charge in [0.05, 0.1) is 7.11 Å². The fraction of sp³-hybridized carbons (Fsp3) is 0.381. The highest BCUT2D eigenvalue weighted by Gasteiger charge is 2.26. The third-order valence-corrected chi connectivity index (χ3v) is 5.23. The van der Waals surface area contributed by atoms with E-state index in [9.17, 15) is 14.4 Å². The van der Waals surface area contributed by atoms with Crippen LogP contribution in [0.1, 0.15) is 31.4 Å². The summed E-state index contributed by atoms with van der Waals surface area (Å²) in [7, 11) is 1.53. The number of hydrogen-bond donors (Lipinski definition) is 1. The van der Waals surface area contributed by atoms with E-state index >= 15 is 0 Å². The topological polar surface area (TPSA) is 121 Å². The van der Waals surface area contributed by atoms with E-state index in [1.165, 1.54) is 7.11 Å². The van der Waals surface area contributed by atoms with Gasteiger partial charge in [-0.25, -0.2) is 4.79 Å². The van der Waals surface area contributed by atoms with Crippen molar-refractivity contribution in [1.82, 2.24) is 19.3 Å². The van der Waals surface area contributed by atoms with Crippen molar-refractivity contribution in [2.75, 3.05) is 12.4 Å². The molecule has 10 nitrogen and oxygen atoms in total. The first-order valence-electron chi connectivity index (χ1n) is 10.1. The van der Waals surface area contributed by atoms with Crippen molar-refractivity contribution in [3.8, 4) is 17.1 Å². The van der Waals surface area contributed by atoms with Crippen LogP contribution in [0, 0.1) is 0 Å². The van der Waals surface area contributed by atoms with E-state index in [0.717, 1.165) is 17.4 Å². The van der Waals surface area contributed by atoms with Gasteiger partial charge in [-0.1, -0.05) is 18.1 Å². The van der Waals surface area contributed by atoms with Crippen molar-refractivity contribution in [3.05, 3.63) is 56.7 Å². The average Bonchev–Trinajstić information content (AvgIpc) is 3.26. The Bertz CT molecular complexity index is 1240. The highest BCUT2D eigenvalue weighted by atomic mass is 16.5. The number of carbonyl (C=O) groups is 1. The van der Waals surface area contributed by atoms with Crippen molar-refractivity contribution < 1.29 is 14.1 Å². The number of amides is 1. The quantitative estimate of drug-likeness (QED) is 0.637. The zero-order valence-corrected chi connectivity index (χ0v) is 17.4. The summed E-state index contributed by atoms with van der Waals surface area (Å²) in [5, 5.41) is 6.63. The molecule has 1 aromatic carbocycles. The summed E-state index contributed by atoms with van der Waals surface area (Å²) in [6, 6.07) is 6.82. The van der Waals surface area contributed by atoms with E-state index in [-0.39, 0.29) is 11.4 Å². The van der Waals surface area contributed by atoms with Crippen molar-refractivity contribution >= 4 is 11.6 Å². The molecule has 2 aromatic heterocycles. The number of nitrogens with one attached hydrogen (secondary N) is 1. The molecule has 1 aliphatic heterocycles. The number of nitrogens with zero attached hydrogens (tertiary/aromatic N) is 4. The van der Waals surface area contributed by atoms with Crippen molar-refractivity contribution in [2.45, 2.75) is 45.7 Å². The number of aryl methyl sites for hydroxylation is 1. The molecule has 4 rings (SSSR count). The van der Waals surface area contributed by atoms with Gasteiger partial charge in [-0.15, -0.1) is 0 Å². The maximum absolute atomic E-state index is 13.3. The monoisotopic (exact) mass is 425 g/mol. The van der Waals surface area contributed by atoms with Crippen molar-refractivity contribution in [2.24, 2.45) is 0 Å². The molecule has 0 radical (unpaired) electrons. The van der Waals surface area contributed by atoms with E-state index < -0.39 is 23.7 Å². The lowest BCUT2D eigenvalue weighted by Crippen LogP contribution is -2.45. The zero-order chi connectivity index (χ0) is 22.0. The van der Waals surface area contributed by atoms with Gasteiger partial charge in [-0.05, 0) is 31.4 Å². The third-order valence-electron chi connectivity index (χ3n) is 5.23. The minimum Gasteiger partial charge on any atom is -0.497 e. The summed E-state index contributed by atoms with van der Waals surface area (Å²) in [6.45, 7) is 1.90. The Morgan fingerprint density at radius 1 is 1.29 bits per heavy atom. The Morgan fingerprint density at radius 2 is 2.13 bits per heavy atom. The molecule has 0 unspecified atom stereocenters. The van der Waals surface area contributed by atoms with Crippen LogP contribution in [0.3, 0.4) is 0 Å². The summed E-state index contributed by atoms with van der Waals surface area (Å²) >= 11 is 0. The average molecular weight is 425 g/mol. The highest BCUT2D eigenvalue weighted by molar-refractivity contribution is 5.90. The van der Waals surface area contributed by atoms with Crippen LogP contribution in [0.4, 0.5) is 5.69 Å². The maximum Gasteiger partial charge on any atom is 0.331 e. The molecule has 1 N–H and O–H groups in total. The Balaban J connectivity index is 1.73. The molecule has 0 saturated heterocycles. The van der Waals surface area contributed by atoms with Crippen LogP contribution >= 0.6 is 0 Å². The van der Waals surface area contributed by atoms with Crippen LogP contribution < -0.4 is 21.3 Å². The molecule has 0 bridgehead atoms. The lowest BCUT2D eigenvalue weighted by molar-refractivity contribution is -0.116. The molecular formula is C21H23N5O5. The van der Waals surface area contributed by atoms with Crippen LogP contribution in [-0.2, 0) is 30.7 Å². The zero-order valence-electron chi connectivity index (χ0n) is 17.4.